The van der Waals surface area contributed by atoms with E-state index in [-0.39, 0.29) is 5.91 Å². The number of amides is 1. The predicted octanol–water partition coefficient (Wildman–Crippen LogP) is 4.58. The number of anilines is 1. The van der Waals surface area contributed by atoms with Crippen molar-refractivity contribution in [3.8, 4) is 0 Å². The van der Waals surface area contributed by atoms with E-state index in [0.29, 0.717) is 20.8 Å². The van der Waals surface area contributed by atoms with Crippen molar-refractivity contribution in [2.45, 2.75) is 6.04 Å². The van der Waals surface area contributed by atoms with Crippen LogP contribution in [0.4, 0.5) is 5.69 Å². The molecule has 1 aromatic heterocycles. The molecule has 2 N–H and O–H groups in total. The van der Waals surface area contributed by atoms with E-state index in [1.165, 1.54) is 12.1 Å². The average molecular weight is 396 g/mol. The van der Waals surface area contributed by atoms with E-state index in [4.69, 9.17) is 34.8 Å². The molecule has 0 unspecified atom stereocenters. The second kappa shape index (κ2) is 7.78. The highest BCUT2D eigenvalue weighted by molar-refractivity contribution is 6.41. The predicted molar refractivity (Wildman–Crippen MR) is 100 cm³/mol. The van der Waals surface area contributed by atoms with Gasteiger partial charge in [0.2, 0.25) is 0 Å². The highest BCUT2D eigenvalue weighted by Gasteiger charge is 2.23. The largest absolute Gasteiger partial charge is 0.295 e. The number of carbonyl (C=O) groups excluding carboxylic acids is 1. The first-order valence-corrected chi connectivity index (χ1v) is 8.44. The van der Waals surface area contributed by atoms with Crippen LogP contribution in [0.2, 0.25) is 15.1 Å². The van der Waals surface area contributed by atoms with Crippen LogP contribution in [0, 0.1) is 0 Å². The highest BCUT2D eigenvalue weighted by Crippen LogP contribution is 2.33. The number of halogens is 3. The molecule has 5 nitrogen and oxygen atoms in total. The molecular formula is C17H13Cl3N4O. The van der Waals surface area contributed by atoms with Gasteiger partial charge in [-0.3, -0.25) is 20.3 Å². The van der Waals surface area contributed by atoms with E-state index in [0.717, 1.165) is 5.56 Å². The summed E-state index contributed by atoms with van der Waals surface area (Å²) in [6, 6.07) is 13.5. The Morgan fingerprint density at radius 3 is 2.32 bits per heavy atom. The zero-order chi connectivity index (χ0) is 17.8. The molecule has 3 rings (SSSR count). The van der Waals surface area contributed by atoms with Crippen molar-refractivity contribution in [1.82, 2.24) is 15.2 Å². The van der Waals surface area contributed by atoms with Crippen LogP contribution in [-0.4, -0.2) is 15.7 Å². The van der Waals surface area contributed by atoms with Crippen molar-refractivity contribution in [2.75, 3.05) is 5.43 Å². The van der Waals surface area contributed by atoms with E-state index < -0.39 is 6.04 Å². The summed E-state index contributed by atoms with van der Waals surface area (Å²) < 4.78 is 1.57. The van der Waals surface area contributed by atoms with Crippen LogP contribution in [0.5, 0.6) is 0 Å². The summed E-state index contributed by atoms with van der Waals surface area (Å²) in [5.74, 6) is -0.322. The molecule has 1 heterocycles. The molecule has 128 valence electrons. The topological polar surface area (TPSA) is 59.0 Å². The average Bonchev–Trinajstić information content (AvgIpc) is 3.09. The minimum Gasteiger partial charge on any atom is -0.295 e. The monoisotopic (exact) mass is 394 g/mol. The van der Waals surface area contributed by atoms with Gasteiger partial charge in [0.15, 0.2) is 6.04 Å². The summed E-state index contributed by atoms with van der Waals surface area (Å²) in [4.78, 5) is 12.8. The molecule has 0 bridgehead atoms. The Kier molecular flexibility index (Phi) is 5.48. The summed E-state index contributed by atoms with van der Waals surface area (Å²) >= 11 is 18.1. The molecule has 25 heavy (non-hydrogen) atoms. The normalized spacial score (nSPS) is 11.8. The first-order valence-electron chi connectivity index (χ1n) is 7.31. The second-order valence-corrected chi connectivity index (χ2v) is 6.41. The molecule has 3 aromatic rings. The Bertz CT molecular complexity index is 846. The van der Waals surface area contributed by atoms with Crippen LogP contribution in [-0.2, 0) is 4.79 Å². The van der Waals surface area contributed by atoms with Crippen molar-refractivity contribution >= 4 is 46.4 Å². The summed E-state index contributed by atoms with van der Waals surface area (Å²) in [6.45, 7) is 0. The minimum absolute atomic E-state index is 0.299. The Labute approximate surface area is 159 Å². The van der Waals surface area contributed by atoms with Crippen LogP contribution < -0.4 is 10.9 Å². The maximum Gasteiger partial charge on any atom is 0.267 e. The minimum atomic E-state index is -0.645. The number of benzene rings is 2. The van der Waals surface area contributed by atoms with Crippen LogP contribution in [0.15, 0.2) is 60.9 Å². The smallest absolute Gasteiger partial charge is 0.267 e. The van der Waals surface area contributed by atoms with Crippen LogP contribution in [0.1, 0.15) is 11.6 Å². The lowest BCUT2D eigenvalue weighted by molar-refractivity contribution is -0.122. The molecular weight excluding hydrogens is 383 g/mol. The lowest BCUT2D eigenvalue weighted by Gasteiger charge is -2.19. The molecule has 0 saturated heterocycles. The van der Waals surface area contributed by atoms with Gasteiger partial charge in [0.1, 0.15) is 0 Å². The maximum atomic E-state index is 12.8. The molecule has 0 radical (unpaired) electrons. The van der Waals surface area contributed by atoms with E-state index in [1.54, 1.807) is 23.1 Å². The van der Waals surface area contributed by atoms with Gasteiger partial charge in [0.25, 0.3) is 5.91 Å². The summed E-state index contributed by atoms with van der Waals surface area (Å²) in [5, 5.41) is 5.18. The quantitative estimate of drug-likeness (QED) is 0.622. The van der Waals surface area contributed by atoms with Gasteiger partial charge in [0.05, 0.1) is 15.7 Å². The van der Waals surface area contributed by atoms with Crippen molar-refractivity contribution in [3.63, 3.8) is 0 Å². The standard InChI is InChI=1S/C17H13Cl3N4O/c18-12-9-13(19)15(14(20)10-12)22-23-17(25)16(24-8-4-7-21-24)11-5-2-1-3-6-11/h1-10,16,22H,(H,23,25)/t16-/m1/s1. The number of aromatic nitrogens is 2. The SMILES string of the molecule is O=C(NNc1c(Cl)cc(Cl)cc1Cl)[C@@H](c1ccccc1)n1cccn1. The van der Waals surface area contributed by atoms with Gasteiger partial charge in [0, 0.05) is 17.4 Å². The van der Waals surface area contributed by atoms with Crippen molar-refractivity contribution < 1.29 is 4.79 Å². The Morgan fingerprint density at radius 1 is 1.04 bits per heavy atom. The summed E-state index contributed by atoms with van der Waals surface area (Å²) in [5.41, 5.74) is 6.54. The van der Waals surface area contributed by atoms with Gasteiger partial charge in [-0.25, -0.2) is 0 Å². The van der Waals surface area contributed by atoms with E-state index in [2.05, 4.69) is 16.0 Å². The van der Waals surface area contributed by atoms with Crippen LogP contribution >= 0.6 is 34.8 Å². The van der Waals surface area contributed by atoms with Gasteiger partial charge >= 0.3 is 0 Å². The number of carbonyl (C=O) groups is 1. The maximum absolute atomic E-state index is 12.8. The Hall–Kier alpha value is -2.21. The third-order valence-electron chi connectivity index (χ3n) is 3.47. The Balaban J connectivity index is 1.83. The molecule has 0 spiro atoms. The molecule has 0 aliphatic carbocycles. The molecule has 0 aliphatic heterocycles. The van der Waals surface area contributed by atoms with Crippen molar-refractivity contribution in [2.24, 2.45) is 0 Å². The van der Waals surface area contributed by atoms with E-state index >= 15 is 0 Å². The van der Waals surface area contributed by atoms with Crippen molar-refractivity contribution in [1.29, 1.82) is 0 Å². The molecule has 0 fully saturated rings. The number of hydrogen-bond donors (Lipinski definition) is 2. The fourth-order valence-electron chi connectivity index (χ4n) is 2.35. The van der Waals surface area contributed by atoms with Gasteiger partial charge in [-0.05, 0) is 23.8 Å². The first-order chi connectivity index (χ1) is 12.1. The second-order valence-electron chi connectivity index (χ2n) is 5.16. The van der Waals surface area contributed by atoms with Crippen LogP contribution in [0.3, 0.4) is 0 Å². The number of rotatable bonds is 5. The van der Waals surface area contributed by atoms with Gasteiger partial charge in [-0.2, -0.15) is 5.10 Å². The zero-order valence-electron chi connectivity index (χ0n) is 12.8. The third kappa shape index (κ3) is 4.07. The third-order valence-corrected chi connectivity index (χ3v) is 4.29. The summed E-state index contributed by atoms with van der Waals surface area (Å²) in [7, 11) is 0. The molecule has 8 heteroatoms. The first kappa shape index (κ1) is 17.6. The highest BCUT2D eigenvalue weighted by atomic mass is 35.5. The number of hydrogen-bond acceptors (Lipinski definition) is 3. The molecule has 1 atom stereocenters. The van der Waals surface area contributed by atoms with Gasteiger partial charge in [-0.15, -0.1) is 0 Å². The number of hydrazine groups is 1. The molecule has 2 aromatic carbocycles. The Morgan fingerprint density at radius 2 is 1.72 bits per heavy atom. The molecule has 1 amide bonds. The molecule has 0 saturated carbocycles. The fraction of sp³-hybridized carbons (Fsp3) is 0.0588. The lowest BCUT2D eigenvalue weighted by atomic mass is 10.1. The fourth-order valence-corrected chi connectivity index (χ4v) is 3.26. The van der Waals surface area contributed by atoms with Crippen molar-refractivity contribution in [3.05, 3.63) is 81.6 Å². The van der Waals surface area contributed by atoms with Gasteiger partial charge in [-0.1, -0.05) is 65.1 Å². The summed E-state index contributed by atoms with van der Waals surface area (Å²) in [6.07, 6.45) is 3.34. The number of nitrogens with one attached hydrogen (secondary N) is 2. The molecule has 0 aliphatic rings. The van der Waals surface area contributed by atoms with Crippen LogP contribution in [0.25, 0.3) is 0 Å². The zero-order valence-corrected chi connectivity index (χ0v) is 15.1. The van der Waals surface area contributed by atoms with Gasteiger partial charge < -0.3 is 0 Å². The van der Waals surface area contributed by atoms with E-state index in [1.807, 2.05) is 30.3 Å². The van der Waals surface area contributed by atoms with E-state index in [9.17, 15) is 4.79 Å². The lowest BCUT2D eigenvalue weighted by Crippen LogP contribution is -2.37. The number of nitrogens with zero attached hydrogens (tertiary/aromatic N) is 2.